The fraction of sp³-hybridized carbons (Fsp3) is 0.438. The topological polar surface area (TPSA) is 76.4 Å². The van der Waals surface area contributed by atoms with E-state index in [9.17, 15) is 9.59 Å². The Morgan fingerprint density at radius 2 is 1.81 bits per heavy atom. The molecule has 0 heterocycles. The van der Waals surface area contributed by atoms with Crippen LogP contribution in [0.25, 0.3) is 0 Å². The molecule has 1 rings (SSSR count). The molecule has 5 heteroatoms. The standard InChI is InChI=1S/C16H19NO4/c1-20-15(18)13-9-7-12(8-10-13)14(16(19)21-2)6-4-3-5-11-17/h7-10,14H,3-6H2,1-2H3/t14-/m0/s1. The minimum absolute atomic E-state index is 0.308. The first-order chi connectivity index (χ1) is 10.1. The highest BCUT2D eigenvalue weighted by Crippen LogP contribution is 2.24. The third-order valence-corrected chi connectivity index (χ3v) is 3.25. The lowest BCUT2D eigenvalue weighted by Crippen LogP contribution is -2.14. The maximum absolute atomic E-state index is 11.9. The number of ether oxygens (including phenoxy) is 2. The van der Waals surface area contributed by atoms with Crippen LogP contribution < -0.4 is 0 Å². The highest BCUT2D eigenvalue weighted by Gasteiger charge is 2.21. The largest absolute Gasteiger partial charge is 0.469 e. The molecule has 0 unspecified atom stereocenters. The lowest BCUT2D eigenvalue weighted by Gasteiger charge is -2.15. The maximum atomic E-state index is 11.9. The molecule has 1 aromatic rings. The van der Waals surface area contributed by atoms with E-state index in [0.717, 1.165) is 18.4 Å². The zero-order valence-electron chi connectivity index (χ0n) is 12.3. The second-order valence-electron chi connectivity index (χ2n) is 4.59. The highest BCUT2D eigenvalue weighted by molar-refractivity contribution is 5.89. The molecule has 0 aliphatic heterocycles. The van der Waals surface area contributed by atoms with Gasteiger partial charge in [-0.3, -0.25) is 4.79 Å². The number of esters is 2. The zero-order valence-corrected chi connectivity index (χ0v) is 12.3. The Morgan fingerprint density at radius 3 is 2.33 bits per heavy atom. The third-order valence-electron chi connectivity index (χ3n) is 3.25. The third kappa shape index (κ3) is 4.92. The Hall–Kier alpha value is -2.35. The summed E-state index contributed by atoms with van der Waals surface area (Å²) in [4.78, 5) is 23.3. The van der Waals surface area contributed by atoms with Crippen LogP contribution in [-0.4, -0.2) is 26.2 Å². The van der Waals surface area contributed by atoms with Crippen molar-refractivity contribution in [3.8, 4) is 6.07 Å². The number of benzene rings is 1. The van der Waals surface area contributed by atoms with Crippen LogP contribution in [0.1, 0.15) is 47.5 Å². The maximum Gasteiger partial charge on any atom is 0.337 e. The molecule has 0 bridgehead atoms. The summed E-state index contributed by atoms with van der Waals surface area (Å²) >= 11 is 0. The number of unbranched alkanes of at least 4 members (excludes halogenated alkanes) is 2. The Morgan fingerprint density at radius 1 is 1.14 bits per heavy atom. The van der Waals surface area contributed by atoms with Crippen molar-refractivity contribution in [3.05, 3.63) is 35.4 Å². The fourth-order valence-corrected chi connectivity index (χ4v) is 2.08. The summed E-state index contributed by atoms with van der Waals surface area (Å²) in [5.41, 5.74) is 1.24. The number of nitriles is 1. The van der Waals surface area contributed by atoms with Crippen LogP contribution in [0.15, 0.2) is 24.3 Å². The lowest BCUT2D eigenvalue weighted by molar-refractivity contribution is -0.142. The molecular weight excluding hydrogens is 270 g/mol. The smallest absolute Gasteiger partial charge is 0.337 e. The number of methoxy groups -OCH3 is 2. The van der Waals surface area contributed by atoms with Crippen LogP contribution in [0.2, 0.25) is 0 Å². The van der Waals surface area contributed by atoms with Gasteiger partial charge in [-0.15, -0.1) is 0 Å². The van der Waals surface area contributed by atoms with Gasteiger partial charge >= 0.3 is 11.9 Å². The second-order valence-corrected chi connectivity index (χ2v) is 4.59. The van der Waals surface area contributed by atoms with Crippen molar-refractivity contribution in [2.45, 2.75) is 31.6 Å². The van der Waals surface area contributed by atoms with Gasteiger partial charge in [0.05, 0.1) is 31.8 Å². The Labute approximate surface area is 124 Å². The monoisotopic (exact) mass is 289 g/mol. The van der Waals surface area contributed by atoms with Gasteiger partial charge in [-0.1, -0.05) is 18.6 Å². The molecule has 0 radical (unpaired) electrons. The summed E-state index contributed by atoms with van der Waals surface area (Å²) in [7, 11) is 2.68. The first kappa shape index (κ1) is 16.7. The summed E-state index contributed by atoms with van der Waals surface area (Å²) in [6, 6.07) is 8.81. The molecule has 0 saturated heterocycles. The minimum Gasteiger partial charge on any atom is -0.469 e. The zero-order chi connectivity index (χ0) is 15.7. The Bertz CT molecular complexity index is 516. The van der Waals surface area contributed by atoms with Gasteiger partial charge in [-0.2, -0.15) is 5.26 Å². The number of carbonyl (C=O) groups excluding carboxylic acids is 2. The van der Waals surface area contributed by atoms with Crippen LogP contribution in [0.5, 0.6) is 0 Å². The highest BCUT2D eigenvalue weighted by atomic mass is 16.5. The molecule has 1 aromatic carbocycles. The van der Waals surface area contributed by atoms with Crippen LogP contribution in [0.4, 0.5) is 0 Å². The number of hydrogen-bond acceptors (Lipinski definition) is 5. The minimum atomic E-state index is -0.412. The van der Waals surface area contributed by atoms with Crippen molar-refractivity contribution in [2.75, 3.05) is 14.2 Å². The molecule has 21 heavy (non-hydrogen) atoms. The number of rotatable bonds is 7. The van der Waals surface area contributed by atoms with E-state index in [1.807, 2.05) is 0 Å². The van der Waals surface area contributed by atoms with E-state index in [0.29, 0.717) is 18.4 Å². The molecular formula is C16H19NO4. The molecule has 0 amide bonds. The summed E-state index contributed by atoms with van der Waals surface area (Å²) in [5.74, 6) is -1.09. The van der Waals surface area contributed by atoms with Gasteiger partial charge in [0.2, 0.25) is 0 Å². The first-order valence-corrected chi connectivity index (χ1v) is 6.77. The van der Waals surface area contributed by atoms with E-state index in [4.69, 9.17) is 10.00 Å². The van der Waals surface area contributed by atoms with E-state index in [1.54, 1.807) is 24.3 Å². The fourth-order valence-electron chi connectivity index (χ4n) is 2.08. The lowest BCUT2D eigenvalue weighted by atomic mass is 9.92. The van der Waals surface area contributed by atoms with E-state index >= 15 is 0 Å². The van der Waals surface area contributed by atoms with Crippen LogP contribution >= 0.6 is 0 Å². The second kappa shape index (κ2) is 8.75. The van der Waals surface area contributed by atoms with Crippen molar-refractivity contribution in [2.24, 2.45) is 0 Å². The molecule has 1 atom stereocenters. The number of carbonyl (C=O) groups is 2. The number of hydrogen-bond donors (Lipinski definition) is 0. The first-order valence-electron chi connectivity index (χ1n) is 6.77. The van der Waals surface area contributed by atoms with Gasteiger partial charge in [-0.05, 0) is 30.5 Å². The van der Waals surface area contributed by atoms with Crippen molar-refractivity contribution >= 4 is 11.9 Å². The molecule has 0 aromatic heterocycles. The van der Waals surface area contributed by atoms with Gasteiger partial charge < -0.3 is 9.47 Å². The van der Waals surface area contributed by atoms with E-state index in [2.05, 4.69) is 10.8 Å². The molecule has 0 spiro atoms. The van der Waals surface area contributed by atoms with Crippen molar-refractivity contribution < 1.29 is 19.1 Å². The summed E-state index contributed by atoms with van der Waals surface area (Å²) < 4.78 is 9.46. The average Bonchev–Trinajstić information content (AvgIpc) is 2.54. The van der Waals surface area contributed by atoms with E-state index in [1.165, 1.54) is 14.2 Å². The van der Waals surface area contributed by atoms with Gasteiger partial charge in [0, 0.05) is 6.42 Å². The molecule has 0 aliphatic rings. The number of nitrogens with zero attached hydrogens (tertiary/aromatic N) is 1. The summed E-state index contributed by atoms with van der Waals surface area (Å²) in [5, 5.41) is 8.52. The predicted octanol–water partition coefficient (Wildman–Crippen LogP) is 2.81. The van der Waals surface area contributed by atoms with Gasteiger partial charge in [0.25, 0.3) is 0 Å². The van der Waals surface area contributed by atoms with Crippen molar-refractivity contribution in [1.29, 1.82) is 5.26 Å². The molecule has 5 nitrogen and oxygen atoms in total. The molecule has 0 aliphatic carbocycles. The molecule has 0 N–H and O–H groups in total. The normalized spacial score (nSPS) is 11.3. The van der Waals surface area contributed by atoms with E-state index in [-0.39, 0.29) is 11.9 Å². The van der Waals surface area contributed by atoms with Gasteiger partial charge in [-0.25, -0.2) is 4.79 Å². The van der Waals surface area contributed by atoms with E-state index < -0.39 is 5.97 Å². The molecule has 0 fully saturated rings. The average molecular weight is 289 g/mol. The Balaban J connectivity index is 2.80. The Kier molecular flexibility index (Phi) is 6.96. The van der Waals surface area contributed by atoms with Crippen LogP contribution in [0.3, 0.4) is 0 Å². The van der Waals surface area contributed by atoms with Crippen molar-refractivity contribution in [3.63, 3.8) is 0 Å². The summed E-state index contributed by atoms with van der Waals surface area (Å²) in [6.45, 7) is 0. The molecule has 112 valence electrons. The SMILES string of the molecule is COC(=O)c1ccc([C@H](CCCCC#N)C(=O)OC)cc1. The quantitative estimate of drug-likeness (QED) is 0.570. The van der Waals surface area contributed by atoms with Gasteiger partial charge in [0.15, 0.2) is 0 Å². The predicted molar refractivity (Wildman–Crippen MR) is 76.6 cm³/mol. The van der Waals surface area contributed by atoms with Crippen molar-refractivity contribution in [1.82, 2.24) is 0 Å². The molecule has 0 saturated carbocycles. The van der Waals surface area contributed by atoms with Crippen LogP contribution in [0, 0.1) is 11.3 Å². The van der Waals surface area contributed by atoms with Crippen LogP contribution in [-0.2, 0) is 14.3 Å². The van der Waals surface area contributed by atoms with Gasteiger partial charge in [0.1, 0.15) is 0 Å². The summed E-state index contributed by atoms with van der Waals surface area (Å²) in [6.07, 6.45) is 2.62.